The molecule has 0 aromatic heterocycles. The molecule has 1 aromatic rings. The second-order valence-corrected chi connectivity index (χ2v) is 5.90. The largest absolute Gasteiger partial charge is 0.409 e. The number of benzene rings is 1. The van der Waals surface area contributed by atoms with E-state index >= 15 is 0 Å². The normalized spacial score (nSPS) is 12.7. The van der Waals surface area contributed by atoms with Gasteiger partial charge in [-0.2, -0.15) is 0 Å². The summed E-state index contributed by atoms with van der Waals surface area (Å²) in [5.74, 6) is 0.303. The lowest BCUT2D eigenvalue weighted by Crippen LogP contribution is -2.32. The minimum Gasteiger partial charge on any atom is -0.409 e. The smallest absolute Gasteiger partial charge is 0.144 e. The van der Waals surface area contributed by atoms with E-state index in [2.05, 4.69) is 41.7 Å². The lowest BCUT2D eigenvalue weighted by molar-refractivity contribution is 0.304. The maximum absolute atomic E-state index is 8.71. The zero-order valence-electron chi connectivity index (χ0n) is 12.8. The lowest BCUT2D eigenvalue weighted by Gasteiger charge is -2.22. The molecule has 0 amide bonds. The van der Waals surface area contributed by atoms with Crippen molar-refractivity contribution in [2.24, 2.45) is 16.3 Å². The molecule has 1 aromatic carbocycles. The standard InChI is InChI=1S/C16H27N3O/c1-13-7-4-5-8-14(13)9-12-18-11-6-10-16(2,3)15(17)19-20/h4-5,7-8,18,20H,6,9-12H2,1-3H3,(H2,17,19). The molecule has 0 bridgehead atoms. The van der Waals surface area contributed by atoms with Gasteiger partial charge < -0.3 is 16.3 Å². The number of amidine groups is 1. The van der Waals surface area contributed by atoms with Crippen LogP contribution in [-0.2, 0) is 6.42 Å². The number of nitrogens with zero attached hydrogens (tertiary/aromatic N) is 1. The Hall–Kier alpha value is -1.55. The first-order valence-corrected chi connectivity index (χ1v) is 7.20. The van der Waals surface area contributed by atoms with Crippen LogP contribution >= 0.6 is 0 Å². The summed E-state index contributed by atoms with van der Waals surface area (Å²) >= 11 is 0. The fraction of sp³-hybridized carbons (Fsp3) is 0.562. The topological polar surface area (TPSA) is 70.6 Å². The van der Waals surface area contributed by atoms with Gasteiger partial charge in [0, 0.05) is 5.41 Å². The number of hydrogen-bond donors (Lipinski definition) is 3. The summed E-state index contributed by atoms with van der Waals surface area (Å²) in [4.78, 5) is 0. The van der Waals surface area contributed by atoms with Crippen LogP contribution in [0.15, 0.2) is 29.4 Å². The third-order valence-corrected chi connectivity index (χ3v) is 3.79. The van der Waals surface area contributed by atoms with Crippen LogP contribution in [0.25, 0.3) is 0 Å². The van der Waals surface area contributed by atoms with Crippen LogP contribution in [0, 0.1) is 12.3 Å². The molecule has 4 heteroatoms. The molecule has 0 aliphatic carbocycles. The first-order chi connectivity index (χ1) is 9.47. The Morgan fingerprint density at radius 1 is 1.30 bits per heavy atom. The quantitative estimate of drug-likeness (QED) is 0.225. The molecule has 0 spiro atoms. The van der Waals surface area contributed by atoms with Crippen molar-refractivity contribution in [3.05, 3.63) is 35.4 Å². The fourth-order valence-corrected chi connectivity index (χ4v) is 2.16. The van der Waals surface area contributed by atoms with Gasteiger partial charge >= 0.3 is 0 Å². The van der Waals surface area contributed by atoms with Gasteiger partial charge in [0.2, 0.25) is 0 Å². The Morgan fingerprint density at radius 2 is 2.00 bits per heavy atom. The van der Waals surface area contributed by atoms with E-state index in [4.69, 9.17) is 10.9 Å². The second-order valence-electron chi connectivity index (χ2n) is 5.90. The number of hydrogen-bond acceptors (Lipinski definition) is 3. The van der Waals surface area contributed by atoms with Gasteiger partial charge in [0.25, 0.3) is 0 Å². The molecule has 0 fully saturated rings. The number of rotatable bonds is 8. The molecule has 0 heterocycles. The molecule has 0 aliphatic heterocycles. The molecule has 1 rings (SSSR count). The van der Waals surface area contributed by atoms with Gasteiger partial charge in [-0.1, -0.05) is 43.3 Å². The van der Waals surface area contributed by atoms with Gasteiger partial charge in [-0.25, -0.2) is 0 Å². The number of aryl methyl sites for hydroxylation is 1. The monoisotopic (exact) mass is 277 g/mol. The van der Waals surface area contributed by atoms with Crippen molar-refractivity contribution in [1.29, 1.82) is 0 Å². The summed E-state index contributed by atoms with van der Waals surface area (Å²) in [5.41, 5.74) is 8.17. The highest BCUT2D eigenvalue weighted by atomic mass is 16.4. The molecule has 0 saturated carbocycles. The SMILES string of the molecule is Cc1ccccc1CCNCCCC(C)(C)C(N)=NO. The summed E-state index contributed by atoms with van der Waals surface area (Å²) in [7, 11) is 0. The Labute approximate surface area is 122 Å². The van der Waals surface area contributed by atoms with Crippen LogP contribution in [0.4, 0.5) is 0 Å². The van der Waals surface area contributed by atoms with E-state index in [-0.39, 0.29) is 5.41 Å². The summed E-state index contributed by atoms with van der Waals surface area (Å²) in [6, 6.07) is 8.48. The molecule has 0 radical (unpaired) electrons. The first-order valence-electron chi connectivity index (χ1n) is 7.20. The molecule has 0 atom stereocenters. The Bertz CT molecular complexity index is 441. The average molecular weight is 277 g/mol. The van der Waals surface area contributed by atoms with Gasteiger partial charge in [-0.05, 0) is 50.4 Å². The van der Waals surface area contributed by atoms with Gasteiger partial charge in [-0.15, -0.1) is 0 Å². The Balaban J connectivity index is 2.19. The number of nitrogens with one attached hydrogen (secondary N) is 1. The lowest BCUT2D eigenvalue weighted by atomic mass is 9.86. The first kappa shape index (κ1) is 16.5. The predicted molar refractivity (Wildman–Crippen MR) is 84.2 cm³/mol. The molecule has 0 aliphatic rings. The minimum absolute atomic E-state index is 0.244. The molecule has 0 unspecified atom stereocenters. The molecule has 4 N–H and O–H groups in total. The van der Waals surface area contributed by atoms with Crippen LogP contribution in [-0.4, -0.2) is 24.1 Å². The number of nitrogens with two attached hydrogens (primary N) is 1. The van der Waals surface area contributed by atoms with E-state index in [0.29, 0.717) is 5.84 Å². The van der Waals surface area contributed by atoms with Gasteiger partial charge in [0.1, 0.15) is 5.84 Å². The van der Waals surface area contributed by atoms with E-state index < -0.39 is 0 Å². The second kappa shape index (κ2) is 7.90. The van der Waals surface area contributed by atoms with Crippen molar-refractivity contribution in [2.75, 3.05) is 13.1 Å². The number of oxime groups is 1. The summed E-state index contributed by atoms with van der Waals surface area (Å²) in [6.45, 7) is 8.07. The van der Waals surface area contributed by atoms with E-state index in [9.17, 15) is 0 Å². The maximum atomic E-state index is 8.71. The van der Waals surface area contributed by atoms with Crippen LogP contribution < -0.4 is 11.1 Å². The highest BCUT2D eigenvalue weighted by Gasteiger charge is 2.22. The van der Waals surface area contributed by atoms with Crippen LogP contribution in [0.3, 0.4) is 0 Å². The Kier molecular flexibility index (Phi) is 6.52. The van der Waals surface area contributed by atoms with E-state index in [1.54, 1.807) is 0 Å². The summed E-state index contributed by atoms with van der Waals surface area (Å²) in [6.07, 6.45) is 2.97. The van der Waals surface area contributed by atoms with Crippen molar-refractivity contribution in [1.82, 2.24) is 5.32 Å². The molecule has 4 nitrogen and oxygen atoms in total. The van der Waals surface area contributed by atoms with Crippen LogP contribution in [0.5, 0.6) is 0 Å². The highest BCUT2D eigenvalue weighted by Crippen LogP contribution is 2.21. The summed E-state index contributed by atoms with van der Waals surface area (Å²) in [5, 5.41) is 15.3. The van der Waals surface area contributed by atoms with E-state index in [1.165, 1.54) is 11.1 Å². The van der Waals surface area contributed by atoms with Crippen molar-refractivity contribution in [3.8, 4) is 0 Å². The molecular formula is C16H27N3O. The molecular weight excluding hydrogens is 250 g/mol. The molecule has 20 heavy (non-hydrogen) atoms. The van der Waals surface area contributed by atoms with Gasteiger partial charge in [0.05, 0.1) is 0 Å². The Morgan fingerprint density at radius 3 is 2.65 bits per heavy atom. The third kappa shape index (κ3) is 5.21. The van der Waals surface area contributed by atoms with E-state index in [0.717, 1.165) is 32.4 Å². The fourth-order valence-electron chi connectivity index (χ4n) is 2.16. The molecule has 0 saturated heterocycles. The average Bonchev–Trinajstić information content (AvgIpc) is 2.43. The zero-order valence-corrected chi connectivity index (χ0v) is 12.8. The van der Waals surface area contributed by atoms with Crippen LogP contribution in [0.2, 0.25) is 0 Å². The van der Waals surface area contributed by atoms with Crippen LogP contribution in [0.1, 0.15) is 37.8 Å². The third-order valence-electron chi connectivity index (χ3n) is 3.79. The van der Waals surface area contributed by atoms with Crippen molar-refractivity contribution in [3.63, 3.8) is 0 Å². The summed E-state index contributed by atoms with van der Waals surface area (Å²) < 4.78 is 0. The van der Waals surface area contributed by atoms with Crippen molar-refractivity contribution in [2.45, 2.75) is 40.0 Å². The highest BCUT2D eigenvalue weighted by molar-refractivity contribution is 5.85. The van der Waals surface area contributed by atoms with Gasteiger partial charge in [-0.3, -0.25) is 0 Å². The molecule has 112 valence electrons. The maximum Gasteiger partial charge on any atom is 0.144 e. The predicted octanol–water partition coefficient (Wildman–Crippen LogP) is 2.68. The zero-order chi connectivity index (χ0) is 15.0. The minimum atomic E-state index is -0.244. The van der Waals surface area contributed by atoms with Gasteiger partial charge in [0.15, 0.2) is 0 Å². The van der Waals surface area contributed by atoms with Crippen molar-refractivity contribution < 1.29 is 5.21 Å². The van der Waals surface area contributed by atoms with Crippen molar-refractivity contribution >= 4 is 5.84 Å². The van der Waals surface area contributed by atoms with E-state index in [1.807, 2.05) is 13.8 Å².